The van der Waals surface area contributed by atoms with Crippen LogP contribution in [-0.4, -0.2) is 58.6 Å². The summed E-state index contributed by atoms with van der Waals surface area (Å²) in [5, 5.41) is 6.98. The molecule has 1 saturated heterocycles. The highest BCUT2D eigenvalue weighted by molar-refractivity contribution is 5.78. The van der Waals surface area contributed by atoms with Crippen LogP contribution in [0.1, 0.15) is 30.6 Å². The van der Waals surface area contributed by atoms with Gasteiger partial charge in [-0.15, -0.1) is 0 Å². The molecule has 0 saturated carbocycles. The molecular weight excluding hydrogens is 330 g/mol. The monoisotopic (exact) mass is 357 g/mol. The van der Waals surface area contributed by atoms with E-state index in [2.05, 4.69) is 32.2 Å². The van der Waals surface area contributed by atoms with E-state index in [-0.39, 0.29) is 5.91 Å². The quantitative estimate of drug-likeness (QED) is 0.771. The average Bonchev–Trinajstić information content (AvgIpc) is 3.10. The number of aryl methyl sites for hydroxylation is 1. The Morgan fingerprint density at radius 2 is 1.88 bits per heavy atom. The minimum absolute atomic E-state index is 0.0726. The van der Waals surface area contributed by atoms with Crippen molar-refractivity contribution in [2.45, 2.75) is 32.9 Å². The van der Waals surface area contributed by atoms with Gasteiger partial charge in [0, 0.05) is 39.1 Å². The zero-order chi connectivity index (χ0) is 18.2. The van der Waals surface area contributed by atoms with Crippen LogP contribution < -0.4 is 5.32 Å². The van der Waals surface area contributed by atoms with Crippen LogP contribution in [0.3, 0.4) is 0 Å². The predicted octanol–water partition coefficient (Wildman–Crippen LogP) is 1.46. The number of amides is 1. The number of carbonyl (C=O) groups excluding carboxylic acids is 1. The Balaban J connectivity index is 1.35. The molecule has 1 N–H and O–H groups in total. The highest BCUT2D eigenvalue weighted by Gasteiger charge is 2.20. The van der Waals surface area contributed by atoms with Crippen molar-refractivity contribution in [1.82, 2.24) is 25.3 Å². The van der Waals surface area contributed by atoms with Gasteiger partial charge in [0.25, 0.3) is 0 Å². The number of benzene rings is 1. The summed E-state index contributed by atoms with van der Waals surface area (Å²) in [6, 6.07) is 9.97. The smallest absolute Gasteiger partial charge is 0.240 e. The van der Waals surface area contributed by atoms with Gasteiger partial charge in [0.2, 0.25) is 11.8 Å². The van der Waals surface area contributed by atoms with E-state index in [4.69, 9.17) is 4.52 Å². The van der Waals surface area contributed by atoms with E-state index in [0.29, 0.717) is 25.5 Å². The second kappa shape index (κ2) is 9.45. The third-order valence-electron chi connectivity index (χ3n) is 4.51. The lowest BCUT2D eigenvalue weighted by atomic mass is 10.2. The number of carbonyl (C=O) groups is 1. The van der Waals surface area contributed by atoms with Crippen LogP contribution in [0.4, 0.5) is 0 Å². The molecule has 140 valence electrons. The lowest BCUT2D eigenvalue weighted by molar-refractivity contribution is -0.122. The number of aromatic nitrogens is 2. The Labute approximate surface area is 154 Å². The van der Waals surface area contributed by atoms with Crippen molar-refractivity contribution in [3.05, 3.63) is 47.6 Å². The van der Waals surface area contributed by atoms with Gasteiger partial charge in [-0.3, -0.25) is 14.6 Å². The van der Waals surface area contributed by atoms with E-state index >= 15 is 0 Å². The minimum Gasteiger partial charge on any atom is -0.351 e. The van der Waals surface area contributed by atoms with Gasteiger partial charge in [-0.1, -0.05) is 42.4 Å². The molecule has 1 aromatic heterocycles. The highest BCUT2D eigenvalue weighted by Crippen LogP contribution is 2.08. The van der Waals surface area contributed by atoms with Crippen molar-refractivity contribution >= 4 is 5.91 Å². The molecule has 0 aliphatic carbocycles. The van der Waals surface area contributed by atoms with Gasteiger partial charge in [0.1, 0.15) is 0 Å². The van der Waals surface area contributed by atoms with Crippen molar-refractivity contribution in [3.8, 4) is 0 Å². The molecule has 3 rings (SSSR count). The first-order valence-electron chi connectivity index (χ1n) is 9.29. The van der Waals surface area contributed by atoms with Crippen molar-refractivity contribution in [3.63, 3.8) is 0 Å². The van der Waals surface area contributed by atoms with Gasteiger partial charge in [-0.2, -0.15) is 4.98 Å². The Kier molecular flexibility index (Phi) is 6.74. The Hall–Kier alpha value is -2.25. The summed E-state index contributed by atoms with van der Waals surface area (Å²) in [4.78, 5) is 21.0. The fraction of sp³-hybridized carbons (Fsp3) is 0.526. The molecule has 7 heteroatoms. The first-order chi connectivity index (χ1) is 12.7. The van der Waals surface area contributed by atoms with Gasteiger partial charge in [-0.05, 0) is 12.0 Å². The highest BCUT2D eigenvalue weighted by atomic mass is 16.5. The van der Waals surface area contributed by atoms with Crippen LogP contribution in [0.25, 0.3) is 0 Å². The fourth-order valence-electron chi connectivity index (χ4n) is 3.03. The number of rotatable bonds is 8. The molecule has 2 aromatic rings. The summed E-state index contributed by atoms with van der Waals surface area (Å²) in [6.45, 7) is 7.35. The molecule has 1 amide bonds. The molecule has 26 heavy (non-hydrogen) atoms. The lowest BCUT2D eigenvalue weighted by Gasteiger charge is -2.33. The van der Waals surface area contributed by atoms with Crippen molar-refractivity contribution in [2.75, 3.05) is 32.7 Å². The number of piperazine rings is 1. The second-order valence-corrected chi connectivity index (χ2v) is 6.67. The summed E-state index contributed by atoms with van der Waals surface area (Å²) < 4.78 is 5.30. The van der Waals surface area contributed by atoms with E-state index in [1.807, 2.05) is 30.3 Å². The summed E-state index contributed by atoms with van der Waals surface area (Å²) in [5.41, 5.74) is 1.12. The largest absolute Gasteiger partial charge is 0.351 e. The molecule has 0 bridgehead atoms. The molecular formula is C19H27N5O2. The second-order valence-electron chi connectivity index (χ2n) is 6.67. The SMILES string of the molecule is CCCc1noc(CN2CCN(CC(=O)NCc3ccccc3)CC2)n1. The molecule has 0 atom stereocenters. The molecule has 1 fully saturated rings. The normalized spacial score (nSPS) is 15.9. The number of nitrogens with one attached hydrogen (secondary N) is 1. The van der Waals surface area contributed by atoms with Gasteiger partial charge >= 0.3 is 0 Å². The Bertz CT molecular complexity index is 680. The fourth-order valence-corrected chi connectivity index (χ4v) is 3.03. The van der Waals surface area contributed by atoms with Crippen LogP contribution >= 0.6 is 0 Å². The van der Waals surface area contributed by atoms with Crippen LogP contribution in [0, 0.1) is 0 Å². The third kappa shape index (κ3) is 5.64. The number of hydrogen-bond donors (Lipinski definition) is 1. The summed E-state index contributed by atoms with van der Waals surface area (Å²) in [7, 11) is 0. The molecule has 1 aliphatic heterocycles. The summed E-state index contributed by atoms with van der Waals surface area (Å²) in [6.07, 6.45) is 1.87. The first kappa shape index (κ1) is 18.5. The number of hydrogen-bond acceptors (Lipinski definition) is 6. The maximum atomic E-state index is 12.1. The topological polar surface area (TPSA) is 74.5 Å². The molecule has 1 aliphatic rings. The van der Waals surface area contributed by atoms with E-state index in [9.17, 15) is 4.79 Å². The molecule has 2 heterocycles. The van der Waals surface area contributed by atoms with Crippen LogP contribution in [0.5, 0.6) is 0 Å². The molecule has 0 radical (unpaired) electrons. The zero-order valence-corrected chi connectivity index (χ0v) is 15.4. The maximum absolute atomic E-state index is 12.1. The average molecular weight is 357 g/mol. The third-order valence-corrected chi connectivity index (χ3v) is 4.51. The molecule has 7 nitrogen and oxygen atoms in total. The Morgan fingerprint density at radius 3 is 2.62 bits per heavy atom. The standard InChI is InChI=1S/C19H27N5O2/c1-2-6-17-21-19(26-22-17)15-24-11-9-23(10-12-24)14-18(25)20-13-16-7-4-3-5-8-16/h3-5,7-8H,2,6,9-15H2,1H3,(H,20,25). The van der Waals surface area contributed by atoms with E-state index in [1.54, 1.807) is 0 Å². The van der Waals surface area contributed by atoms with Crippen LogP contribution in [-0.2, 0) is 24.3 Å². The van der Waals surface area contributed by atoms with Crippen LogP contribution in [0.2, 0.25) is 0 Å². The van der Waals surface area contributed by atoms with E-state index in [1.165, 1.54) is 0 Å². The van der Waals surface area contributed by atoms with Crippen molar-refractivity contribution in [2.24, 2.45) is 0 Å². The van der Waals surface area contributed by atoms with E-state index in [0.717, 1.165) is 50.4 Å². The van der Waals surface area contributed by atoms with E-state index < -0.39 is 0 Å². The van der Waals surface area contributed by atoms with Crippen molar-refractivity contribution in [1.29, 1.82) is 0 Å². The molecule has 0 spiro atoms. The maximum Gasteiger partial charge on any atom is 0.240 e. The van der Waals surface area contributed by atoms with Gasteiger partial charge in [0.15, 0.2) is 5.82 Å². The van der Waals surface area contributed by atoms with Gasteiger partial charge < -0.3 is 9.84 Å². The summed E-state index contributed by atoms with van der Waals surface area (Å²) in [5.74, 6) is 1.54. The Morgan fingerprint density at radius 1 is 1.15 bits per heavy atom. The minimum atomic E-state index is 0.0726. The van der Waals surface area contributed by atoms with Gasteiger partial charge in [0.05, 0.1) is 13.1 Å². The predicted molar refractivity (Wildman–Crippen MR) is 98.3 cm³/mol. The summed E-state index contributed by atoms with van der Waals surface area (Å²) >= 11 is 0. The van der Waals surface area contributed by atoms with Crippen molar-refractivity contribution < 1.29 is 9.32 Å². The lowest BCUT2D eigenvalue weighted by Crippen LogP contribution is -2.49. The molecule has 0 unspecified atom stereocenters. The zero-order valence-electron chi connectivity index (χ0n) is 15.4. The first-order valence-corrected chi connectivity index (χ1v) is 9.29. The van der Waals surface area contributed by atoms with Gasteiger partial charge in [-0.25, -0.2) is 0 Å². The van der Waals surface area contributed by atoms with Crippen LogP contribution in [0.15, 0.2) is 34.9 Å². The molecule has 1 aromatic carbocycles. The number of nitrogens with zero attached hydrogens (tertiary/aromatic N) is 4.